The monoisotopic (exact) mass is 362 g/mol. The topological polar surface area (TPSA) is 75.7 Å². The van der Waals surface area contributed by atoms with Crippen molar-refractivity contribution in [3.63, 3.8) is 0 Å². The summed E-state index contributed by atoms with van der Waals surface area (Å²) in [4.78, 5) is 18.6. The molecule has 3 heterocycles. The molecule has 26 heavy (non-hydrogen) atoms. The van der Waals surface area contributed by atoms with E-state index in [2.05, 4.69) is 26.6 Å². The Bertz CT molecular complexity index is 557. The number of rotatable bonds is 9. The molecule has 0 spiro atoms. The molecule has 2 aliphatic rings. The smallest absolute Gasteiger partial charge is 0.315 e. The molecule has 2 aliphatic heterocycles. The van der Waals surface area contributed by atoms with Gasteiger partial charge >= 0.3 is 6.03 Å². The summed E-state index contributed by atoms with van der Waals surface area (Å²) < 4.78 is 11.1. The molecule has 7 nitrogen and oxygen atoms in total. The minimum atomic E-state index is -0.149. The number of carbonyl (C=O) groups excluding carboxylic acids is 1. The van der Waals surface area contributed by atoms with E-state index in [0.29, 0.717) is 26.3 Å². The Hall–Kier alpha value is -1.86. The third kappa shape index (κ3) is 6.14. The van der Waals surface area contributed by atoms with E-state index in [4.69, 9.17) is 9.47 Å². The SMILES string of the molecule is O=C(NCCCOCC1CCCO1)NCc1ccnc(N2CCCC2)c1. The predicted octanol–water partition coefficient (Wildman–Crippen LogP) is 2.07. The van der Waals surface area contributed by atoms with Gasteiger partial charge < -0.3 is 25.0 Å². The normalized spacial score (nSPS) is 19.7. The van der Waals surface area contributed by atoms with Crippen molar-refractivity contribution in [3.05, 3.63) is 23.9 Å². The Morgan fingerprint density at radius 1 is 1.31 bits per heavy atom. The third-order valence-corrected chi connectivity index (χ3v) is 4.77. The molecule has 0 aromatic carbocycles. The van der Waals surface area contributed by atoms with Crippen LogP contribution in [0.5, 0.6) is 0 Å². The zero-order valence-corrected chi connectivity index (χ0v) is 15.4. The molecule has 1 aromatic heterocycles. The number of amides is 2. The summed E-state index contributed by atoms with van der Waals surface area (Å²) in [5, 5.41) is 5.76. The lowest BCUT2D eigenvalue weighted by Crippen LogP contribution is -2.36. The highest BCUT2D eigenvalue weighted by molar-refractivity contribution is 5.73. The van der Waals surface area contributed by atoms with Gasteiger partial charge in [-0.3, -0.25) is 0 Å². The number of ether oxygens (including phenoxy) is 2. The molecule has 2 amide bonds. The van der Waals surface area contributed by atoms with Crippen LogP contribution in [0, 0.1) is 0 Å². The molecule has 7 heteroatoms. The van der Waals surface area contributed by atoms with Crippen molar-refractivity contribution in [2.24, 2.45) is 0 Å². The van der Waals surface area contributed by atoms with Gasteiger partial charge in [-0.1, -0.05) is 0 Å². The molecule has 1 aromatic rings. The van der Waals surface area contributed by atoms with E-state index in [9.17, 15) is 4.79 Å². The highest BCUT2D eigenvalue weighted by Crippen LogP contribution is 2.18. The van der Waals surface area contributed by atoms with Crippen molar-refractivity contribution < 1.29 is 14.3 Å². The summed E-state index contributed by atoms with van der Waals surface area (Å²) in [7, 11) is 0. The van der Waals surface area contributed by atoms with E-state index in [-0.39, 0.29) is 12.1 Å². The predicted molar refractivity (Wildman–Crippen MR) is 100 cm³/mol. The van der Waals surface area contributed by atoms with E-state index in [1.165, 1.54) is 12.8 Å². The van der Waals surface area contributed by atoms with Gasteiger partial charge in [-0.15, -0.1) is 0 Å². The minimum absolute atomic E-state index is 0.149. The molecule has 3 rings (SSSR count). The van der Waals surface area contributed by atoms with Gasteiger partial charge in [0, 0.05) is 45.6 Å². The zero-order valence-electron chi connectivity index (χ0n) is 15.4. The summed E-state index contributed by atoms with van der Waals surface area (Å²) in [6, 6.07) is 3.85. The first-order valence-electron chi connectivity index (χ1n) is 9.72. The quantitative estimate of drug-likeness (QED) is 0.658. The molecular formula is C19H30N4O3. The van der Waals surface area contributed by atoms with Crippen molar-refractivity contribution in [2.45, 2.75) is 44.8 Å². The number of hydrogen-bond donors (Lipinski definition) is 2. The highest BCUT2D eigenvalue weighted by Gasteiger charge is 2.15. The Morgan fingerprint density at radius 3 is 3.00 bits per heavy atom. The summed E-state index contributed by atoms with van der Waals surface area (Å²) in [5.74, 6) is 1.01. The van der Waals surface area contributed by atoms with E-state index >= 15 is 0 Å². The third-order valence-electron chi connectivity index (χ3n) is 4.77. The maximum Gasteiger partial charge on any atom is 0.315 e. The number of nitrogens with one attached hydrogen (secondary N) is 2. The maximum absolute atomic E-state index is 11.9. The largest absolute Gasteiger partial charge is 0.379 e. The molecule has 0 radical (unpaired) electrons. The molecule has 1 unspecified atom stereocenters. The number of anilines is 1. The summed E-state index contributed by atoms with van der Waals surface area (Å²) in [5.41, 5.74) is 1.07. The molecular weight excluding hydrogens is 332 g/mol. The lowest BCUT2D eigenvalue weighted by Gasteiger charge is -2.17. The van der Waals surface area contributed by atoms with Crippen LogP contribution in [0.3, 0.4) is 0 Å². The van der Waals surface area contributed by atoms with Crippen molar-refractivity contribution in [1.82, 2.24) is 15.6 Å². The Kier molecular flexibility index (Phi) is 7.51. The lowest BCUT2D eigenvalue weighted by atomic mass is 10.2. The van der Waals surface area contributed by atoms with Crippen LogP contribution in [0.2, 0.25) is 0 Å². The zero-order chi connectivity index (χ0) is 18.0. The maximum atomic E-state index is 11.9. The van der Waals surface area contributed by atoms with Crippen LogP contribution in [0.25, 0.3) is 0 Å². The number of urea groups is 1. The van der Waals surface area contributed by atoms with Gasteiger partial charge in [0.1, 0.15) is 5.82 Å². The second kappa shape index (κ2) is 10.3. The number of hydrogen-bond acceptors (Lipinski definition) is 5. The van der Waals surface area contributed by atoms with Gasteiger partial charge in [0.05, 0.1) is 12.7 Å². The number of nitrogens with zero attached hydrogens (tertiary/aromatic N) is 2. The van der Waals surface area contributed by atoms with Crippen LogP contribution in [0.4, 0.5) is 10.6 Å². The van der Waals surface area contributed by atoms with Gasteiger partial charge in [0.15, 0.2) is 0 Å². The molecule has 0 aliphatic carbocycles. The molecule has 0 saturated carbocycles. The van der Waals surface area contributed by atoms with E-state index in [1.807, 2.05) is 12.3 Å². The molecule has 2 fully saturated rings. The Balaban J connectivity index is 1.26. The Morgan fingerprint density at radius 2 is 2.19 bits per heavy atom. The average Bonchev–Trinajstić information content (AvgIpc) is 3.37. The molecule has 144 valence electrons. The second-order valence-electron chi connectivity index (χ2n) is 6.89. The summed E-state index contributed by atoms with van der Waals surface area (Å²) in [6.45, 7) is 5.40. The molecule has 0 bridgehead atoms. The second-order valence-corrected chi connectivity index (χ2v) is 6.89. The van der Waals surface area contributed by atoms with Gasteiger partial charge in [0.25, 0.3) is 0 Å². The molecule has 2 saturated heterocycles. The van der Waals surface area contributed by atoms with Gasteiger partial charge in [-0.25, -0.2) is 9.78 Å². The van der Waals surface area contributed by atoms with Crippen molar-refractivity contribution in [3.8, 4) is 0 Å². The van der Waals surface area contributed by atoms with E-state index in [0.717, 1.165) is 50.3 Å². The van der Waals surface area contributed by atoms with Gasteiger partial charge in [-0.05, 0) is 49.8 Å². The molecule has 1 atom stereocenters. The fraction of sp³-hybridized carbons (Fsp3) is 0.684. The first-order valence-corrected chi connectivity index (χ1v) is 9.72. The fourth-order valence-electron chi connectivity index (χ4n) is 3.30. The number of pyridine rings is 1. The van der Waals surface area contributed by atoms with Crippen LogP contribution in [-0.2, 0) is 16.0 Å². The van der Waals surface area contributed by atoms with Gasteiger partial charge in [-0.2, -0.15) is 0 Å². The highest BCUT2D eigenvalue weighted by atomic mass is 16.5. The summed E-state index contributed by atoms with van der Waals surface area (Å²) >= 11 is 0. The van der Waals surface area contributed by atoms with E-state index < -0.39 is 0 Å². The number of aromatic nitrogens is 1. The van der Waals surface area contributed by atoms with Crippen LogP contribution >= 0.6 is 0 Å². The van der Waals surface area contributed by atoms with Gasteiger partial charge in [0.2, 0.25) is 0 Å². The lowest BCUT2D eigenvalue weighted by molar-refractivity contribution is 0.0168. The van der Waals surface area contributed by atoms with Crippen LogP contribution in [0.1, 0.15) is 37.7 Å². The van der Waals surface area contributed by atoms with Crippen LogP contribution in [-0.4, -0.2) is 56.6 Å². The van der Waals surface area contributed by atoms with Crippen LogP contribution in [0.15, 0.2) is 18.3 Å². The van der Waals surface area contributed by atoms with Crippen molar-refractivity contribution >= 4 is 11.8 Å². The Labute approximate surface area is 155 Å². The minimum Gasteiger partial charge on any atom is -0.379 e. The van der Waals surface area contributed by atoms with Crippen molar-refractivity contribution in [2.75, 3.05) is 44.4 Å². The van der Waals surface area contributed by atoms with Crippen LogP contribution < -0.4 is 15.5 Å². The first kappa shape index (κ1) is 18.9. The average molecular weight is 362 g/mol. The fourth-order valence-corrected chi connectivity index (χ4v) is 3.30. The van der Waals surface area contributed by atoms with E-state index in [1.54, 1.807) is 0 Å². The first-order chi connectivity index (χ1) is 12.8. The number of carbonyl (C=O) groups is 1. The van der Waals surface area contributed by atoms with Crippen molar-refractivity contribution in [1.29, 1.82) is 0 Å². The summed E-state index contributed by atoms with van der Waals surface area (Å²) in [6.07, 6.45) is 7.55. The standard InChI is InChI=1S/C19H30N4O3/c24-19(21-7-4-11-25-15-17-5-3-12-26-17)22-14-16-6-8-20-18(13-16)23-9-1-2-10-23/h6,8,13,17H,1-5,7,9-12,14-15H2,(H2,21,22,24). The molecule has 2 N–H and O–H groups in total.